The molecule has 0 N–H and O–H groups in total. The molecule has 2 nitrogen and oxygen atoms in total. The third kappa shape index (κ3) is 3.21. The average molecular weight is 156 g/mol. The zero-order valence-corrected chi connectivity index (χ0v) is 7.55. The van der Waals surface area contributed by atoms with E-state index >= 15 is 0 Å². The zero-order valence-electron chi connectivity index (χ0n) is 7.55. The SMILES string of the molecule is [CH2-]N1CCC[C@@H](OC(C)C)C1. The van der Waals surface area contributed by atoms with Crippen molar-refractivity contribution in [2.75, 3.05) is 13.1 Å². The summed E-state index contributed by atoms with van der Waals surface area (Å²) in [7, 11) is 3.91. The summed E-state index contributed by atoms with van der Waals surface area (Å²) in [4.78, 5) is 2.09. The van der Waals surface area contributed by atoms with Crippen molar-refractivity contribution in [1.82, 2.24) is 4.90 Å². The number of hydrogen-bond acceptors (Lipinski definition) is 2. The van der Waals surface area contributed by atoms with Crippen molar-refractivity contribution in [2.24, 2.45) is 0 Å². The number of nitrogens with zero attached hydrogens (tertiary/aromatic N) is 1. The van der Waals surface area contributed by atoms with Gasteiger partial charge in [-0.05, 0) is 39.8 Å². The minimum absolute atomic E-state index is 0.353. The molecule has 0 aromatic heterocycles. The summed E-state index contributed by atoms with van der Waals surface area (Å²) in [6.07, 6.45) is 3.19. The quantitative estimate of drug-likeness (QED) is 0.564. The van der Waals surface area contributed by atoms with Gasteiger partial charge in [-0.15, -0.1) is 0 Å². The molecule has 0 amide bonds. The molecule has 0 saturated carbocycles. The molecule has 1 aliphatic rings. The minimum Gasteiger partial charge on any atom is -0.457 e. The number of piperidine rings is 1. The van der Waals surface area contributed by atoms with Crippen molar-refractivity contribution in [3.63, 3.8) is 0 Å². The van der Waals surface area contributed by atoms with Gasteiger partial charge in [0, 0.05) is 0 Å². The number of rotatable bonds is 2. The predicted molar refractivity (Wildman–Crippen MR) is 46.2 cm³/mol. The fourth-order valence-electron chi connectivity index (χ4n) is 1.51. The first-order chi connectivity index (χ1) is 5.18. The van der Waals surface area contributed by atoms with Crippen LogP contribution in [0, 0.1) is 7.05 Å². The van der Waals surface area contributed by atoms with E-state index in [0.29, 0.717) is 12.2 Å². The first-order valence-electron chi connectivity index (χ1n) is 4.39. The molecule has 2 heteroatoms. The molecule has 0 radical (unpaired) electrons. The molecule has 1 atom stereocenters. The van der Waals surface area contributed by atoms with Crippen LogP contribution in [0.15, 0.2) is 0 Å². The molecule has 0 aliphatic carbocycles. The molecule has 1 saturated heterocycles. The Morgan fingerprint density at radius 2 is 2.27 bits per heavy atom. The molecule has 0 spiro atoms. The van der Waals surface area contributed by atoms with Crippen LogP contribution in [0.25, 0.3) is 0 Å². The smallest absolute Gasteiger partial charge is 0.0681 e. The van der Waals surface area contributed by atoms with Gasteiger partial charge in [0.25, 0.3) is 0 Å². The molecule has 1 aliphatic heterocycles. The van der Waals surface area contributed by atoms with Gasteiger partial charge in [0.1, 0.15) is 0 Å². The van der Waals surface area contributed by atoms with Gasteiger partial charge in [-0.3, -0.25) is 7.05 Å². The van der Waals surface area contributed by atoms with E-state index in [0.717, 1.165) is 13.1 Å². The third-order valence-corrected chi connectivity index (χ3v) is 1.93. The fraction of sp³-hybridized carbons (Fsp3) is 0.889. The van der Waals surface area contributed by atoms with Crippen LogP contribution in [-0.4, -0.2) is 30.2 Å². The van der Waals surface area contributed by atoms with Crippen molar-refractivity contribution in [1.29, 1.82) is 0 Å². The normalized spacial score (nSPS) is 27.8. The summed E-state index contributed by atoms with van der Waals surface area (Å²) in [6.45, 7) is 6.29. The number of hydrogen-bond donors (Lipinski definition) is 0. The average Bonchev–Trinajstić information content (AvgIpc) is 1.85. The van der Waals surface area contributed by atoms with Crippen LogP contribution in [0.3, 0.4) is 0 Å². The summed E-state index contributed by atoms with van der Waals surface area (Å²) in [5, 5.41) is 0. The molecule has 1 rings (SSSR count). The van der Waals surface area contributed by atoms with Crippen LogP contribution >= 0.6 is 0 Å². The zero-order chi connectivity index (χ0) is 8.27. The summed E-state index contributed by atoms with van der Waals surface area (Å²) in [5.41, 5.74) is 0. The van der Waals surface area contributed by atoms with E-state index in [1.807, 2.05) is 0 Å². The van der Waals surface area contributed by atoms with Crippen LogP contribution in [0.5, 0.6) is 0 Å². The fourth-order valence-corrected chi connectivity index (χ4v) is 1.51. The van der Waals surface area contributed by atoms with E-state index < -0.39 is 0 Å². The Morgan fingerprint density at radius 1 is 1.55 bits per heavy atom. The molecule has 11 heavy (non-hydrogen) atoms. The standard InChI is InChI=1S/C9H18NO/c1-8(2)11-9-5-4-6-10(3)7-9/h8-9H,3-7H2,1-2H3/q-1/t9-/m1/s1. The van der Waals surface area contributed by atoms with Crippen LogP contribution < -0.4 is 0 Å². The Hall–Kier alpha value is -0.0800. The molecule has 1 heterocycles. The highest BCUT2D eigenvalue weighted by atomic mass is 16.5. The van der Waals surface area contributed by atoms with E-state index in [1.54, 1.807) is 0 Å². The van der Waals surface area contributed by atoms with Gasteiger partial charge in [-0.2, -0.15) is 0 Å². The molecule has 66 valence electrons. The Bertz CT molecular complexity index is 112. The van der Waals surface area contributed by atoms with E-state index in [1.165, 1.54) is 12.8 Å². The maximum Gasteiger partial charge on any atom is 0.0681 e. The summed E-state index contributed by atoms with van der Waals surface area (Å²) >= 11 is 0. The maximum atomic E-state index is 5.68. The van der Waals surface area contributed by atoms with Crippen LogP contribution in [0.1, 0.15) is 26.7 Å². The van der Waals surface area contributed by atoms with Crippen LogP contribution in [-0.2, 0) is 4.74 Å². The van der Waals surface area contributed by atoms with E-state index in [4.69, 9.17) is 4.74 Å². The summed E-state index contributed by atoms with van der Waals surface area (Å²) < 4.78 is 5.68. The van der Waals surface area contributed by atoms with Gasteiger partial charge in [0.2, 0.25) is 0 Å². The molecule has 0 unspecified atom stereocenters. The van der Waals surface area contributed by atoms with Gasteiger partial charge in [-0.25, -0.2) is 0 Å². The maximum absolute atomic E-state index is 5.68. The molecule has 0 bridgehead atoms. The molecule has 1 fully saturated rings. The lowest BCUT2D eigenvalue weighted by molar-refractivity contribution is -0.0247. The van der Waals surface area contributed by atoms with Crippen molar-refractivity contribution in [3.05, 3.63) is 7.05 Å². The van der Waals surface area contributed by atoms with Gasteiger partial charge in [-0.1, -0.05) is 0 Å². The second kappa shape index (κ2) is 4.07. The Kier molecular flexibility index (Phi) is 3.34. The lowest BCUT2D eigenvalue weighted by Gasteiger charge is -2.36. The Balaban J connectivity index is 2.23. The molecule has 0 aromatic carbocycles. The second-order valence-corrected chi connectivity index (χ2v) is 3.53. The monoisotopic (exact) mass is 156 g/mol. The molecular weight excluding hydrogens is 138 g/mol. The lowest BCUT2D eigenvalue weighted by Crippen LogP contribution is -2.36. The van der Waals surface area contributed by atoms with Crippen molar-refractivity contribution in [2.45, 2.75) is 38.9 Å². The first-order valence-corrected chi connectivity index (χ1v) is 4.39. The van der Waals surface area contributed by atoms with E-state index in [-0.39, 0.29) is 0 Å². The van der Waals surface area contributed by atoms with Gasteiger partial charge in [0.05, 0.1) is 12.2 Å². The lowest BCUT2D eigenvalue weighted by atomic mass is 10.1. The largest absolute Gasteiger partial charge is 0.457 e. The van der Waals surface area contributed by atoms with E-state index in [2.05, 4.69) is 25.8 Å². The topological polar surface area (TPSA) is 12.5 Å². The Morgan fingerprint density at radius 3 is 2.82 bits per heavy atom. The van der Waals surface area contributed by atoms with Crippen molar-refractivity contribution >= 4 is 0 Å². The minimum atomic E-state index is 0.353. The molecular formula is C9H18NO-. The van der Waals surface area contributed by atoms with Crippen molar-refractivity contribution in [3.8, 4) is 0 Å². The highest BCUT2D eigenvalue weighted by molar-refractivity contribution is 4.72. The highest BCUT2D eigenvalue weighted by Crippen LogP contribution is 2.13. The van der Waals surface area contributed by atoms with Gasteiger partial charge >= 0.3 is 0 Å². The van der Waals surface area contributed by atoms with Crippen LogP contribution in [0.2, 0.25) is 0 Å². The Labute approximate surface area is 69.5 Å². The predicted octanol–water partition coefficient (Wildman–Crippen LogP) is 1.67. The third-order valence-electron chi connectivity index (χ3n) is 1.93. The number of likely N-dealkylation sites (tertiary alicyclic amines) is 1. The highest BCUT2D eigenvalue weighted by Gasteiger charge is 2.15. The summed E-state index contributed by atoms with van der Waals surface area (Å²) in [5.74, 6) is 0. The van der Waals surface area contributed by atoms with Gasteiger partial charge in [0.15, 0.2) is 0 Å². The van der Waals surface area contributed by atoms with E-state index in [9.17, 15) is 0 Å². The van der Waals surface area contributed by atoms with Crippen molar-refractivity contribution < 1.29 is 4.74 Å². The number of ether oxygens (including phenoxy) is 1. The second-order valence-electron chi connectivity index (χ2n) is 3.53. The summed E-state index contributed by atoms with van der Waals surface area (Å²) in [6, 6.07) is 0. The van der Waals surface area contributed by atoms with Crippen LogP contribution in [0.4, 0.5) is 0 Å². The van der Waals surface area contributed by atoms with Gasteiger partial charge < -0.3 is 9.64 Å². The first kappa shape index (κ1) is 9.01. The molecule has 0 aromatic rings.